The van der Waals surface area contributed by atoms with Crippen molar-refractivity contribution in [3.8, 4) is 5.75 Å². The van der Waals surface area contributed by atoms with E-state index >= 15 is 0 Å². The molecule has 4 nitrogen and oxygen atoms in total. The maximum absolute atomic E-state index is 14.2. The number of ether oxygens (including phenoxy) is 1. The van der Waals surface area contributed by atoms with Gasteiger partial charge in [-0.1, -0.05) is 0 Å². The number of carbonyl (C=O) groups is 1. The number of amides is 1. The van der Waals surface area contributed by atoms with Gasteiger partial charge in [0.1, 0.15) is 5.75 Å². The molecule has 1 N–H and O–H groups in total. The quantitative estimate of drug-likeness (QED) is 0.874. The topological polar surface area (TPSA) is 49.8 Å². The van der Waals surface area contributed by atoms with Crippen LogP contribution in [-0.4, -0.2) is 42.7 Å². The average molecular weight is 299 g/mol. The number of hydrogen-bond donors (Lipinski definition) is 1. The number of carbonyl (C=O) groups excluding carboxylic acids is 1. The molecular formula is C15H19F2NO3. The minimum Gasteiger partial charge on any atom is -0.497 e. The fourth-order valence-electron chi connectivity index (χ4n) is 2.16. The standard InChI is InChI=1S/C15H19F2NO3/c1-18(9-13(19)10-3-4-10)14(20)15(16,17)11-5-7-12(21-2)8-6-11/h5-8,10,13,19H,3-4,9H2,1-2H3. The van der Waals surface area contributed by atoms with Crippen LogP contribution in [0.1, 0.15) is 18.4 Å². The monoisotopic (exact) mass is 299 g/mol. The van der Waals surface area contributed by atoms with E-state index < -0.39 is 17.9 Å². The third kappa shape index (κ3) is 3.50. The summed E-state index contributed by atoms with van der Waals surface area (Å²) in [5.74, 6) is -4.36. The van der Waals surface area contributed by atoms with Crippen LogP contribution in [0.5, 0.6) is 5.75 Å². The van der Waals surface area contributed by atoms with Crippen molar-refractivity contribution >= 4 is 5.91 Å². The molecule has 0 bridgehead atoms. The summed E-state index contributed by atoms with van der Waals surface area (Å²) in [5, 5.41) is 9.76. The number of halogens is 2. The Morgan fingerprint density at radius 3 is 2.48 bits per heavy atom. The van der Waals surface area contributed by atoms with E-state index in [2.05, 4.69) is 0 Å². The number of rotatable bonds is 6. The highest BCUT2D eigenvalue weighted by atomic mass is 19.3. The van der Waals surface area contributed by atoms with Crippen LogP contribution in [-0.2, 0) is 10.7 Å². The molecule has 0 saturated heterocycles. The number of alkyl halides is 2. The summed E-state index contributed by atoms with van der Waals surface area (Å²) < 4.78 is 33.3. The van der Waals surface area contributed by atoms with Crippen molar-refractivity contribution < 1.29 is 23.4 Å². The number of nitrogens with zero attached hydrogens (tertiary/aromatic N) is 1. The Balaban J connectivity index is 2.06. The number of benzene rings is 1. The summed E-state index contributed by atoms with van der Waals surface area (Å²) in [5.41, 5.74) is -0.388. The largest absolute Gasteiger partial charge is 0.497 e. The number of likely N-dealkylation sites (N-methyl/N-ethyl adjacent to an activating group) is 1. The zero-order chi connectivity index (χ0) is 15.6. The average Bonchev–Trinajstić information content (AvgIpc) is 3.31. The Kier molecular flexibility index (Phi) is 4.46. The molecule has 2 rings (SSSR count). The summed E-state index contributed by atoms with van der Waals surface area (Å²) in [6.45, 7) is -0.0742. The molecule has 1 aliphatic carbocycles. The smallest absolute Gasteiger partial charge is 0.349 e. The van der Waals surface area contributed by atoms with Crippen molar-refractivity contribution in [3.05, 3.63) is 29.8 Å². The van der Waals surface area contributed by atoms with Gasteiger partial charge in [0, 0.05) is 19.2 Å². The van der Waals surface area contributed by atoms with Gasteiger partial charge in [-0.05, 0) is 43.0 Å². The van der Waals surface area contributed by atoms with E-state index in [0.29, 0.717) is 5.75 Å². The molecule has 1 aromatic rings. The van der Waals surface area contributed by atoms with E-state index in [1.165, 1.54) is 38.4 Å². The first-order valence-corrected chi connectivity index (χ1v) is 6.82. The Labute approximate surface area is 122 Å². The van der Waals surface area contributed by atoms with Crippen LogP contribution in [0, 0.1) is 5.92 Å². The molecule has 0 aromatic heterocycles. The Hall–Kier alpha value is -1.69. The summed E-state index contributed by atoms with van der Waals surface area (Å²) in [6, 6.07) is 5.11. The van der Waals surface area contributed by atoms with Crippen LogP contribution in [0.3, 0.4) is 0 Å². The molecule has 1 fully saturated rings. The predicted octanol–water partition coefficient (Wildman–Crippen LogP) is 2.02. The SMILES string of the molecule is COc1ccc(C(F)(F)C(=O)N(C)CC(O)C2CC2)cc1. The van der Waals surface area contributed by atoms with Crippen LogP contribution in [0.15, 0.2) is 24.3 Å². The molecule has 1 atom stereocenters. The third-order valence-electron chi connectivity index (χ3n) is 3.69. The lowest BCUT2D eigenvalue weighted by molar-refractivity contribution is -0.159. The van der Waals surface area contributed by atoms with Gasteiger partial charge in [0.2, 0.25) is 0 Å². The lowest BCUT2D eigenvalue weighted by Crippen LogP contribution is -2.43. The molecule has 0 spiro atoms. The van der Waals surface area contributed by atoms with Crippen LogP contribution in [0.25, 0.3) is 0 Å². The molecule has 1 unspecified atom stereocenters. The van der Waals surface area contributed by atoms with Crippen molar-refractivity contribution in [2.75, 3.05) is 20.7 Å². The molecule has 116 valence electrons. The second kappa shape index (κ2) is 5.97. The van der Waals surface area contributed by atoms with Crippen LogP contribution >= 0.6 is 0 Å². The van der Waals surface area contributed by atoms with Crippen molar-refractivity contribution in [2.45, 2.75) is 24.9 Å². The summed E-state index contributed by atoms with van der Waals surface area (Å²) in [7, 11) is 2.72. The van der Waals surface area contributed by atoms with Crippen molar-refractivity contribution in [1.29, 1.82) is 0 Å². The molecular weight excluding hydrogens is 280 g/mol. The molecule has 0 heterocycles. The van der Waals surface area contributed by atoms with Gasteiger partial charge in [-0.3, -0.25) is 4.79 Å². The second-order valence-electron chi connectivity index (χ2n) is 5.39. The minimum atomic E-state index is -3.62. The lowest BCUT2D eigenvalue weighted by Gasteiger charge is -2.25. The highest BCUT2D eigenvalue weighted by Crippen LogP contribution is 2.34. The van der Waals surface area contributed by atoms with Gasteiger partial charge >= 0.3 is 5.92 Å². The number of methoxy groups -OCH3 is 1. The number of aliphatic hydroxyl groups excluding tert-OH is 1. The predicted molar refractivity (Wildman–Crippen MR) is 73.3 cm³/mol. The fraction of sp³-hybridized carbons (Fsp3) is 0.533. The fourth-order valence-corrected chi connectivity index (χ4v) is 2.16. The zero-order valence-corrected chi connectivity index (χ0v) is 12.1. The maximum atomic E-state index is 14.2. The maximum Gasteiger partial charge on any atom is 0.349 e. The van der Waals surface area contributed by atoms with E-state index in [-0.39, 0.29) is 18.0 Å². The summed E-state index contributed by atoms with van der Waals surface area (Å²) in [6.07, 6.45) is 1.04. The van der Waals surface area contributed by atoms with Gasteiger partial charge in [0.25, 0.3) is 5.91 Å². The van der Waals surface area contributed by atoms with Crippen molar-refractivity contribution in [3.63, 3.8) is 0 Å². The van der Waals surface area contributed by atoms with E-state index in [9.17, 15) is 18.7 Å². The highest BCUT2D eigenvalue weighted by Gasteiger charge is 2.44. The molecule has 1 aliphatic rings. The first-order valence-electron chi connectivity index (χ1n) is 6.82. The van der Waals surface area contributed by atoms with Crippen molar-refractivity contribution in [2.24, 2.45) is 5.92 Å². The molecule has 1 saturated carbocycles. The Bertz CT molecular complexity index is 500. The number of aliphatic hydroxyl groups is 1. The first kappa shape index (κ1) is 15.7. The molecule has 1 amide bonds. The normalized spacial score (nSPS) is 16.4. The van der Waals surface area contributed by atoms with Gasteiger partial charge in [0.05, 0.1) is 13.2 Å². The lowest BCUT2D eigenvalue weighted by atomic mass is 10.1. The van der Waals surface area contributed by atoms with E-state index in [0.717, 1.165) is 17.7 Å². The molecule has 21 heavy (non-hydrogen) atoms. The van der Waals surface area contributed by atoms with Crippen LogP contribution in [0.4, 0.5) is 8.78 Å². The van der Waals surface area contributed by atoms with Gasteiger partial charge < -0.3 is 14.7 Å². The van der Waals surface area contributed by atoms with Gasteiger partial charge in [-0.15, -0.1) is 0 Å². The van der Waals surface area contributed by atoms with Crippen LogP contribution < -0.4 is 4.74 Å². The highest BCUT2D eigenvalue weighted by molar-refractivity contribution is 5.84. The second-order valence-corrected chi connectivity index (χ2v) is 5.39. The van der Waals surface area contributed by atoms with Crippen molar-refractivity contribution in [1.82, 2.24) is 4.90 Å². The minimum absolute atomic E-state index is 0.0742. The summed E-state index contributed by atoms with van der Waals surface area (Å²) >= 11 is 0. The van der Waals surface area contributed by atoms with E-state index in [1.807, 2.05) is 0 Å². The molecule has 1 aromatic carbocycles. The molecule has 0 radical (unpaired) electrons. The van der Waals surface area contributed by atoms with E-state index in [4.69, 9.17) is 4.74 Å². The van der Waals surface area contributed by atoms with Gasteiger partial charge in [-0.2, -0.15) is 8.78 Å². The molecule has 6 heteroatoms. The Morgan fingerprint density at radius 2 is 2.00 bits per heavy atom. The van der Waals surface area contributed by atoms with E-state index in [1.54, 1.807) is 0 Å². The van der Waals surface area contributed by atoms with Gasteiger partial charge in [-0.25, -0.2) is 0 Å². The first-order chi connectivity index (χ1) is 9.86. The van der Waals surface area contributed by atoms with Crippen LogP contribution in [0.2, 0.25) is 0 Å². The molecule has 0 aliphatic heterocycles. The van der Waals surface area contributed by atoms with Gasteiger partial charge in [0.15, 0.2) is 0 Å². The zero-order valence-electron chi connectivity index (χ0n) is 12.1. The third-order valence-corrected chi connectivity index (χ3v) is 3.69. The Morgan fingerprint density at radius 1 is 1.43 bits per heavy atom. The number of hydrogen-bond acceptors (Lipinski definition) is 3. The summed E-state index contributed by atoms with van der Waals surface area (Å²) in [4.78, 5) is 12.8.